The van der Waals surface area contributed by atoms with Gasteiger partial charge in [-0.3, -0.25) is 0 Å². The number of hydrogen-bond donors (Lipinski definition) is 2. The van der Waals surface area contributed by atoms with Crippen molar-refractivity contribution in [3.05, 3.63) is 17.8 Å². The van der Waals surface area contributed by atoms with Gasteiger partial charge in [-0.1, -0.05) is 6.42 Å². The molecule has 0 aromatic carbocycles. The molecule has 2 rings (SSSR count). The van der Waals surface area contributed by atoms with E-state index in [2.05, 4.69) is 22.1 Å². The maximum Gasteiger partial charge on any atom is 0.149 e. The number of piperidine rings is 1. The highest BCUT2D eigenvalue weighted by Crippen LogP contribution is 2.17. The van der Waals surface area contributed by atoms with Crippen LogP contribution in [0.3, 0.4) is 0 Å². The highest BCUT2D eigenvalue weighted by atomic mass is 15.2. The van der Waals surface area contributed by atoms with Crippen molar-refractivity contribution in [2.45, 2.75) is 45.6 Å². The standard InChI is InChI=1S/C15H26N4/c1-12-7-8-14(16)15(18-12)17-9-5-11-19-10-4-3-6-13(19)2/h7-8,13H,3-6,9-11,16H2,1-2H3,(H,17,18). The number of hydrogen-bond acceptors (Lipinski definition) is 4. The van der Waals surface area contributed by atoms with Gasteiger partial charge < -0.3 is 16.0 Å². The molecule has 0 amide bonds. The third-order valence-corrected chi connectivity index (χ3v) is 3.92. The first-order valence-electron chi connectivity index (χ1n) is 7.38. The van der Waals surface area contributed by atoms with Gasteiger partial charge >= 0.3 is 0 Å². The molecule has 1 aromatic heterocycles. The van der Waals surface area contributed by atoms with E-state index in [-0.39, 0.29) is 0 Å². The minimum atomic E-state index is 0.733. The lowest BCUT2D eigenvalue weighted by atomic mass is 10.0. The molecular weight excluding hydrogens is 236 g/mol. The molecule has 0 aliphatic carbocycles. The second-order valence-corrected chi connectivity index (χ2v) is 5.55. The van der Waals surface area contributed by atoms with Crippen LogP contribution in [0.4, 0.5) is 11.5 Å². The number of nitrogens with two attached hydrogens (primary N) is 1. The minimum Gasteiger partial charge on any atom is -0.396 e. The summed E-state index contributed by atoms with van der Waals surface area (Å²) in [4.78, 5) is 7.02. The number of likely N-dealkylation sites (tertiary alicyclic amines) is 1. The number of anilines is 2. The van der Waals surface area contributed by atoms with Crippen LogP contribution in [0.1, 0.15) is 38.3 Å². The third kappa shape index (κ3) is 4.10. The molecule has 1 fully saturated rings. The SMILES string of the molecule is Cc1ccc(N)c(NCCCN2CCCCC2C)n1. The smallest absolute Gasteiger partial charge is 0.149 e. The van der Waals surface area contributed by atoms with Crippen LogP contribution in [0.15, 0.2) is 12.1 Å². The summed E-state index contributed by atoms with van der Waals surface area (Å²) in [6.45, 7) is 7.68. The quantitative estimate of drug-likeness (QED) is 0.801. The average molecular weight is 262 g/mol. The fraction of sp³-hybridized carbons (Fsp3) is 0.667. The predicted molar refractivity (Wildman–Crippen MR) is 81.4 cm³/mol. The summed E-state index contributed by atoms with van der Waals surface area (Å²) in [6, 6.07) is 4.60. The van der Waals surface area contributed by atoms with Crippen molar-refractivity contribution in [1.82, 2.24) is 9.88 Å². The molecule has 1 atom stereocenters. The third-order valence-electron chi connectivity index (χ3n) is 3.92. The zero-order chi connectivity index (χ0) is 13.7. The Balaban J connectivity index is 1.73. The Hall–Kier alpha value is -1.29. The number of nitrogens with zero attached hydrogens (tertiary/aromatic N) is 2. The molecule has 1 aliphatic heterocycles. The first-order chi connectivity index (χ1) is 9.16. The highest BCUT2D eigenvalue weighted by Gasteiger charge is 2.17. The summed E-state index contributed by atoms with van der Waals surface area (Å²) in [7, 11) is 0. The molecule has 1 aliphatic rings. The monoisotopic (exact) mass is 262 g/mol. The normalized spacial score (nSPS) is 20.4. The predicted octanol–water partition coefficient (Wildman–Crippen LogP) is 2.65. The van der Waals surface area contributed by atoms with E-state index >= 15 is 0 Å². The Morgan fingerprint density at radius 2 is 2.26 bits per heavy atom. The number of aromatic nitrogens is 1. The summed E-state index contributed by atoms with van der Waals surface area (Å²) in [6.07, 6.45) is 5.23. The number of nitrogen functional groups attached to an aromatic ring is 1. The van der Waals surface area contributed by atoms with Crippen molar-refractivity contribution in [2.75, 3.05) is 30.7 Å². The van der Waals surface area contributed by atoms with Gasteiger partial charge in [-0.2, -0.15) is 0 Å². The van der Waals surface area contributed by atoms with E-state index in [4.69, 9.17) is 5.73 Å². The van der Waals surface area contributed by atoms with Crippen LogP contribution in [0.25, 0.3) is 0 Å². The maximum absolute atomic E-state index is 5.90. The van der Waals surface area contributed by atoms with E-state index < -0.39 is 0 Å². The Morgan fingerprint density at radius 1 is 1.42 bits per heavy atom. The van der Waals surface area contributed by atoms with E-state index in [9.17, 15) is 0 Å². The summed E-state index contributed by atoms with van der Waals surface area (Å²) < 4.78 is 0. The Labute approximate surface area is 116 Å². The van der Waals surface area contributed by atoms with E-state index in [0.717, 1.165) is 36.2 Å². The summed E-state index contributed by atoms with van der Waals surface area (Å²) in [5.74, 6) is 0.826. The molecule has 0 saturated carbocycles. The second kappa shape index (κ2) is 6.75. The summed E-state index contributed by atoms with van der Waals surface area (Å²) in [5.41, 5.74) is 7.64. The molecule has 0 spiro atoms. The molecule has 4 nitrogen and oxygen atoms in total. The first kappa shape index (κ1) is 14.1. The van der Waals surface area contributed by atoms with Gasteiger partial charge in [0.1, 0.15) is 5.82 Å². The van der Waals surface area contributed by atoms with Crippen molar-refractivity contribution in [3.8, 4) is 0 Å². The van der Waals surface area contributed by atoms with Gasteiger partial charge in [0.15, 0.2) is 0 Å². The molecular formula is C15H26N4. The lowest BCUT2D eigenvalue weighted by Crippen LogP contribution is -2.38. The molecule has 106 valence electrons. The Bertz CT molecular complexity index is 405. The van der Waals surface area contributed by atoms with Gasteiger partial charge in [0.05, 0.1) is 5.69 Å². The lowest BCUT2D eigenvalue weighted by molar-refractivity contribution is 0.160. The molecule has 4 heteroatoms. The van der Waals surface area contributed by atoms with Gasteiger partial charge in [0.25, 0.3) is 0 Å². The summed E-state index contributed by atoms with van der Waals surface area (Å²) in [5, 5.41) is 3.35. The molecule has 1 unspecified atom stereocenters. The second-order valence-electron chi connectivity index (χ2n) is 5.55. The lowest BCUT2D eigenvalue weighted by Gasteiger charge is -2.33. The van der Waals surface area contributed by atoms with E-state index in [1.54, 1.807) is 0 Å². The number of aryl methyl sites for hydroxylation is 1. The average Bonchev–Trinajstić information content (AvgIpc) is 2.40. The number of pyridine rings is 1. The van der Waals surface area contributed by atoms with Gasteiger partial charge in [0.2, 0.25) is 0 Å². The zero-order valence-corrected chi connectivity index (χ0v) is 12.2. The van der Waals surface area contributed by atoms with Gasteiger partial charge in [0, 0.05) is 24.8 Å². The zero-order valence-electron chi connectivity index (χ0n) is 12.2. The van der Waals surface area contributed by atoms with Crippen LogP contribution in [0.5, 0.6) is 0 Å². The van der Waals surface area contributed by atoms with Crippen LogP contribution in [0, 0.1) is 6.92 Å². The fourth-order valence-corrected chi connectivity index (χ4v) is 2.69. The highest BCUT2D eigenvalue weighted by molar-refractivity contribution is 5.61. The van der Waals surface area contributed by atoms with E-state index in [1.807, 2.05) is 19.1 Å². The van der Waals surface area contributed by atoms with Crippen LogP contribution in [-0.4, -0.2) is 35.6 Å². The van der Waals surface area contributed by atoms with E-state index in [1.165, 1.54) is 32.4 Å². The van der Waals surface area contributed by atoms with Crippen LogP contribution < -0.4 is 11.1 Å². The van der Waals surface area contributed by atoms with Crippen molar-refractivity contribution in [2.24, 2.45) is 0 Å². The summed E-state index contributed by atoms with van der Waals surface area (Å²) >= 11 is 0. The molecule has 1 aromatic rings. The molecule has 1 saturated heterocycles. The molecule has 0 bridgehead atoms. The Kier molecular flexibility index (Phi) is 5.02. The van der Waals surface area contributed by atoms with Crippen LogP contribution in [-0.2, 0) is 0 Å². The van der Waals surface area contributed by atoms with Gasteiger partial charge in [-0.25, -0.2) is 4.98 Å². The Morgan fingerprint density at radius 3 is 3.05 bits per heavy atom. The van der Waals surface area contributed by atoms with Crippen molar-refractivity contribution >= 4 is 11.5 Å². The minimum absolute atomic E-state index is 0.733. The maximum atomic E-state index is 5.90. The fourth-order valence-electron chi connectivity index (χ4n) is 2.69. The van der Waals surface area contributed by atoms with Crippen molar-refractivity contribution in [3.63, 3.8) is 0 Å². The topological polar surface area (TPSA) is 54.2 Å². The van der Waals surface area contributed by atoms with Gasteiger partial charge in [-0.05, 0) is 51.8 Å². The molecule has 3 N–H and O–H groups in total. The first-order valence-corrected chi connectivity index (χ1v) is 7.38. The van der Waals surface area contributed by atoms with Crippen molar-refractivity contribution < 1.29 is 0 Å². The van der Waals surface area contributed by atoms with Crippen LogP contribution in [0.2, 0.25) is 0 Å². The molecule has 19 heavy (non-hydrogen) atoms. The van der Waals surface area contributed by atoms with Crippen molar-refractivity contribution in [1.29, 1.82) is 0 Å². The van der Waals surface area contributed by atoms with Gasteiger partial charge in [-0.15, -0.1) is 0 Å². The number of nitrogens with one attached hydrogen (secondary N) is 1. The molecule has 0 radical (unpaired) electrons. The number of rotatable bonds is 5. The molecule has 2 heterocycles. The largest absolute Gasteiger partial charge is 0.396 e. The van der Waals surface area contributed by atoms with E-state index in [0.29, 0.717) is 0 Å². The van der Waals surface area contributed by atoms with Crippen LogP contribution >= 0.6 is 0 Å².